The zero-order valence-corrected chi connectivity index (χ0v) is 11.0. The average Bonchev–Trinajstić information content (AvgIpc) is 2.67. The number of benzene rings is 1. The lowest BCUT2D eigenvalue weighted by Gasteiger charge is -2.19. The lowest BCUT2D eigenvalue weighted by Crippen LogP contribution is -2.11. The molecule has 0 unspecified atom stereocenters. The third-order valence-electron chi connectivity index (χ3n) is 2.67. The molecule has 0 bridgehead atoms. The van der Waals surface area contributed by atoms with Crippen LogP contribution in [0.15, 0.2) is 41.8 Å². The normalized spacial score (nSPS) is 11.7. The summed E-state index contributed by atoms with van der Waals surface area (Å²) in [6.45, 7) is 6.86. The number of thiophene rings is 1. The van der Waals surface area contributed by atoms with Gasteiger partial charge in [0, 0.05) is 4.88 Å². The Hall–Kier alpha value is -1.08. The largest absolute Gasteiger partial charge is 0.148 e. The monoisotopic (exact) mass is 230 g/mol. The van der Waals surface area contributed by atoms with Gasteiger partial charge < -0.3 is 0 Å². The molecule has 0 aliphatic heterocycles. The Morgan fingerprint density at radius 1 is 1.00 bits per heavy atom. The Morgan fingerprint density at radius 3 is 2.31 bits per heavy atom. The summed E-state index contributed by atoms with van der Waals surface area (Å²) in [7, 11) is 0. The molecule has 0 N–H and O–H groups in total. The fourth-order valence-electron chi connectivity index (χ4n) is 1.95. The molecule has 1 heterocycles. The van der Waals surface area contributed by atoms with Crippen LogP contribution in [0, 0.1) is 0 Å². The summed E-state index contributed by atoms with van der Waals surface area (Å²) in [5.41, 5.74) is 3.13. The summed E-state index contributed by atoms with van der Waals surface area (Å²) in [5, 5.41) is 2.21. The van der Waals surface area contributed by atoms with Gasteiger partial charge in [-0.05, 0) is 34.4 Å². The molecule has 1 aromatic heterocycles. The molecular weight excluding hydrogens is 212 g/mol. The maximum atomic E-state index is 2.29. The van der Waals surface area contributed by atoms with Crippen LogP contribution >= 0.6 is 11.3 Å². The van der Waals surface area contributed by atoms with Gasteiger partial charge in [0.05, 0.1) is 0 Å². The van der Waals surface area contributed by atoms with Crippen molar-refractivity contribution in [1.82, 2.24) is 0 Å². The molecule has 16 heavy (non-hydrogen) atoms. The van der Waals surface area contributed by atoms with Gasteiger partial charge in [-0.3, -0.25) is 0 Å². The standard InChI is InChI=1S/C15H18S/c1-15(2,3)14-13(9-10-16-14)11-12-7-5-4-6-8-12/h4-10H,11H2,1-3H3. The molecule has 0 aliphatic carbocycles. The van der Waals surface area contributed by atoms with Crippen LogP contribution < -0.4 is 0 Å². The highest BCUT2D eigenvalue weighted by atomic mass is 32.1. The average molecular weight is 230 g/mol. The van der Waals surface area contributed by atoms with Crippen molar-refractivity contribution in [1.29, 1.82) is 0 Å². The van der Waals surface area contributed by atoms with Crippen LogP contribution in [0.25, 0.3) is 0 Å². The van der Waals surface area contributed by atoms with Crippen LogP contribution in [0.2, 0.25) is 0 Å². The van der Waals surface area contributed by atoms with Crippen molar-refractivity contribution in [3.8, 4) is 0 Å². The van der Waals surface area contributed by atoms with Crippen LogP contribution in [-0.2, 0) is 11.8 Å². The van der Waals surface area contributed by atoms with Gasteiger partial charge in [-0.1, -0.05) is 51.1 Å². The molecule has 0 nitrogen and oxygen atoms in total. The molecule has 1 aromatic carbocycles. The number of hydrogen-bond donors (Lipinski definition) is 0. The minimum absolute atomic E-state index is 0.262. The predicted molar refractivity (Wildman–Crippen MR) is 72.3 cm³/mol. The summed E-state index contributed by atoms with van der Waals surface area (Å²) in [5.74, 6) is 0. The summed E-state index contributed by atoms with van der Waals surface area (Å²) in [4.78, 5) is 1.51. The van der Waals surface area contributed by atoms with Gasteiger partial charge in [-0.15, -0.1) is 11.3 Å². The smallest absolute Gasteiger partial charge is 0.0134 e. The molecular formula is C15H18S. The van der Waals surface area contributed by atoms with Crippen molar-refractivity contribution < 1.29 is 0 Å². The van der Waals surface area contributed by atoms with Crippen molar-refractivity contribution in [2.24, 2.45) is 0 Å². The molecule has 0 radical (unpaired) electrons. The maximum Gasteiger partial charge on any atom is 0.0134 e. The molecule has 0 amide bonds. The fraction of sp³-hybridized carbons (Fsp3) is 0.333. The van der Waals surface area contributed by atoms with E-state index >= 15 is 0 Å². The highest BCUT2D eigenvalue weighted by Crippen LogP contribution is 2.32. The molecule has 84 valence electrons. The highest BCUT2D eigenvalue weighted by molar-refractivity contribution is 7.10. The van der Waals surface area contributed by atoms with Crippen molar-refractivity contribution >= 4 is 11.3 Å². The van der Waals surface area contributed by atoms with Gasteiger partial charge in [0.2, 0.25) is 0 Å². The van der Waals surface area contributed by atoms with Crippen LogP contribution in [0.3, 0.4) is 0 Å². The van der Waals surface area contributed by atoms with Gasteiger partial charge in [0.15, 0.2) is 0 Å². The molecule has 0 saturated carbocycles. The zero-order chi connectivity index (χ0) is 11.6. The lowest BCUT2D eigenvalue weighted by atomic mass is 9.90. The van der Waals surface area contributed by atoms with Crippen LogP contribution in [0.4, 0.5) is 0 Å². The Morgan fingerprint density at radius 2 is 1.69 bits per heavy atom. The Labute approximate surface area is 102 Å². The minimum atomic E-state index is 0.262. The van der Waals surface area contributed by atoms with Crippen LogP contribution in [-0.4, -0.2) is 0 Å². The van der Waals surface area contributed by atoms with Gasteiger partial charge in [0.25, 0.3) is 0 Å². The van der Waals surface area contributed by atoms with Gasteiger partial charge >= 0.3 is 0 Å². The van der Waals surface area contributed by atoms with Gasteiger partial charge in [-0.2, -0.15) is 0 Å². The summed E-state index contributed by atoms with van der Waals surface area (Å²) >= 11 is 1.88. The maximum absolute atomic E-state index is 2.29. The van der Waals surface area contributed by atoms with E-state index < -0.39 is 0 Å². The third kappa shape index (κ3) is 2.53. The van der Waals surface area contributed by atoms with E-state index in [0.717, 1.165) is 6.42 Å². The molecule has 2 rings (SSSR count). The van der Waals surface area contributed by atoms with E-state index in [1.54, 1.807) is 0 Å². The first kappa shape index (κ1) is 11.4. The molecule has 0 fully saturated rings. The number of hydrogen-bond acceptors (Lipinski definition) is 1. The Balaban J connectivity index is 2.26. The van der Waals surface area contributed by atoms with E-state index in [-0.39, 0.29) is 5.41 Å². The molecule has 0 atom stereocenters. The molecule has 0 spiro atoms. The van der Waals surface area contributed by atoms with Crippen molar-refractivity contribution in [2.75, 3.05) is 0 Å². The van der Waals surface area contributed by atoms with Crippen molar-refractivity contribution in [2.45, 2.75) is 32.6 Å². The van der Waals surface area contributed by atoms with Crippen LogP contribution in [0.1, 0.15) is 36.8 Å². The van der Waals surface area contributed by atoms with E-state index in [4.69, 9.17) is 0 Å². The quantitative estimate of drug-likeness (QED) is 0.705. The third-order valence-corrected chi connectivity index (χ3v) is 4.05. The molecule has 1 heteroatoms. The van der Waals surface area contributed by atoms with E-state index in [0.29, 0.717) is 0 Å². The summed E-state index contributed by atoms with van der Waals surface area (Å²) in [6, 6.07) is 12.9. The van der Waals surface area contributed by atoms with Gasteiger partial charge in [0.1, 0.15) is 0 Å². The summed E-state index contributed by atoms with van der Waals surface area (Å²) < 4.78 is 0. The van der Waals surface area contributed by atoms with Crippen molar-refractivity contribution in [3.63, 3.8) is 0 Å². The second-order valence-electron chi connectivity index (χ2n) is 5.19. The van der Waals surface area contributed by atoms with Crippen molar-refractivity contribution in [3.05, 3.63) is 57.8 Å². The van der Waals surface area contributed by atoms with E-state index in [9.17, 15) is 0 Å². The van der Waals surface area contributed by atoms with Crippen LogP contribution in [0.5, 0.6) is 0 Å². The first-order chi connectivity index (χ1) is 7.57. The van der Waals surface area contributed by atoms with E-state index in [1.165, 1.54) is 16.0 Å². The second kappa shape index (κ2) is 4.42. The highest BCUT2D eigenvalue weighted by Gasteiger charge is 2.19. The molecule has 0 aliphatic rings. The molecule has 0 saturated heterocycles. The van der Waals surface area contributed by atoms with E-state index in [1.807, 2.05) is 11.3 Å². The van der Waals surface area contributed by atoms with E-state index in [2.05, 4.69) is 62.5 Å². The second-order valence-corrected chi connectivity index (χ2v) is 6.10. The topological polar surface area (TPSA) is 0 Å². The lowest BCUT2D eigenvalue weighted by molar-refractivity contribution is 0.598. The SMILES string of the molecule is CC(C)(C)c1sccc1Cc1ccccc1. The molecule has 2 aromatic rings. The fourth-order valence-corrected chi connectivity index (χ4v) is 2.96. The first-order valence-electron chi connectivity index (χ1n) is 5.68. The number of rotatable bonds is 2. The minimum Gasteiger partial charge on any atom is -0.148 e. The van der Waals surface area contributed by atoms with Gasteiger partial charge in [-0.25, -0.2) is 0 Å². The zero-order valence-electron chi connectivity index (χ0n) is 10.2. The Bertz CT molecular complexity index is 446. The predicted octanol–water partition coefficient (Wildman–Crippen LogP) is 4.64. The first-order valence-corrected chi connectivity index (χ1v) is 6.56. The summed E-state index contributed by atoms with van der Waals surface area (Å²) in [6.07, 6.45) is 1.05. The Kier molecular flexibility index (Phi) is 3.15.